The number of carbonyl (C=O) groups excluding carboxylic acids is 2. The van der Waals surface area contributed by atoms with Crippen LogP contribution in [0.25, 0.3) is 0 Å². The molecule has 26 heavy (non-hydrogen) atoms. The highest BCUT2D eigenvalue weighted by molar-refractivity contribution is 6.09. The Bertz CT molecular complexity index is 802. The molecule has 2 aliphatic rings. The zero-order chi connectivity index (χ0) is 19.1. The van der Waals surface area contributed by atoms with Crippen molar-refractivity contribution >= 4 is 17.5 Å². The van der Waals surface area contributed by atoms with E-state index < -0.39 is 5.92 Å². The van der Waals surface area contributed by atoms with E-state index in [2.05, 4.69) is 18.8 Å². The van der Waals surface area contributed by atoms with Crippen LogP contribution in [0.2, 0.25) is 0 Å². The average molecular weight is 355 g/mol. The second-order valence-electron chi connectivity index (χ2n) is 7.81. The van der Waals surface area contributed by atoms with Crippen molar-refractivity contribution < 1.29 is 19.1 Å². The number of rotatable bonds is 3. The van der Waals surface area contributed by atoms with Gasteiger partial charge in [0.15, 0.2) is 5.78 Å². The van der Waals surface area contributed by atoms with Crippen LogP contribution in [-0.2, 0) is 14.3 Å². The Labute approximate surface area is 154 Å². The maximum Gasteiger partial charge on any atom is 0.315 e. The Balaban J connectivity index is 2.16. The number of allylic oxidation sites excluding steroid dienone is 2. The van der Waals surface area contributed by atoms with E-state index >= 15 is 0 Å². The summed E-state index contributed by atoms with van der Waals surface area (Å²) in [6.07, 6.45) is 1.19. The number of esters is 1. The van der Waals surface area contributed by atoms with E-state index in [4.69, 9.17) is 9.47 Å². The molecule has 0 saturated carbocycles. The molecule has 1 aromatic rings. The molecule has 3 rings (SSSR count). The number of benzene rings is 1. The van der Waals surface area contributed by atoms with Gasteiger partial charge in [-0.3, -0.25) is 14.6 Å². The maximum atomic E-state index is 13.0. The normalized spacial score (nSPS) is 24.7. The molecular weight excluding hydrogens is 330 g/mol. The van der Waals surface area contributed by atoms with Crippen molar-refractivity contribution in [3.8, 4) is 5.75 Å². The van der Waals surface area contributed by atoms with E-state index in [0.29, 0.717) is 17.7 Å². The molecule has 1 unspecified atom stereocenters. The van der Waals surface area contributed by atoms with Gasteiger partial charge in [-0.2, -0.15) is 0 Å². The summed E-state index contributed by atoms with van der Waals surface area (Å²) in [6.45, 7) is 6.00. The number of nitrogens with zero attached hydrogens (tertiary/aromatic N) is 1. The van der Waals surface area contributed by atoms with Gasteiger partial charge in [-0.1, -0.05) is 26.0 Å². The second kappa shape index (κ2) is 6.71. The van der Waals surface area contributed by atoms with Crippen LogP contribution in [0.3, 0.4) is 0 Å². The van der Waals surface area contributed by atoms with Crippen LogP contribution in [0.4, 0.5) is 0 Å². The molecule has 0 N–H and O–H groups in total. The van der Waals surface area contributed by atoms with Crippen LogP contribution in [0.1, 0.15) is 45.1 Å². The van der Waals surface area contributed by atoms with Crippen LogP contribution in [-0.4, -0.2) is 31.7 Å². The Morgan fingerprint density at radius 2 is 1.81 bits per heavy atom. The minimum absolute atomic E-state index is 0.0715. The molecule has 0 amide bonds. The van der Waals surface area contributed by atoms with E-state index in [1.807, 2.05) is 31.2 Å². The number of ether oxygens (including phenoxy) is 2. The number of ketones is 1. The Hall–Kier alpha value is -2.43. The van der Waals surface area contributed by atoms with Gasteiger partial charge in [-0.15, -0.1) is 0 Å². The molecule has 1 aliphatic heterocycles. The van der Waals surface area contributed by atoms with Gasteiger partial charge in [0.2, 0.25) is 0 Å². The van der Waals surface area contributed by atoms with Gasteiger partial charge in [0.05, 0.1) is 14.2 Å². The SMILES string of the molecule is COC(=O)C1C(C)=NC2=C(C(=O)CC(C)(C)C2)[C@H]1c1ccc(OC)cc1. The van der Waals surface area contributed by atoms with Crippen LogP contribution in [0, 0.1) is 11.3 Å². The largest absolute Gasteiger partial charge is 0.497 e. The average Bonchev–Trinajstić information content (AvgIpc) is 2.59. The summed E-state index contributed by atoms with van der Waals surface area (Å²) in [4.78, 5) is 30.2. The van der Waals surface area contributed by atoms with Crippen molar-refractivity contribution in [2.45, 2.75) is 39.5 Å². The fraction of sp³-hybridized carbons (Fsp3) is 0.476. The molecule has 1 aromatic carbocycles. The van der Waals surface area contributed by atoms with Crippen LogP contribution < -0.4 is 4.74 Å². The van der Waals surface area contributed by atoms with E-state index in [1.54, 1.807) is 7.11 Å². The molecule has 0 aromatic heterocycles. The molecule has 2 atom stereocenters. The first-order chi connectivity index (χ1) is 12.3. The van der Waals surface area contributed by atoms with Crippen LogP contribution >= 0.6 is 0 Å². The Morgan fingerprint density at radius 3 is 2.38 bits per heavy atom. The summed E-state index contributed by atoms with van der Waals surface area (Å²) in [5, 5.41) is 0. The third kappa shape index (κ3) is 3.18. The van der Waals surface area contributed by atoms with Gasteiger partial charge in [-0.05, 0) is 36.5 Å². The van der Waals surface area contributed by atoms with Crippen molar-refractivity contribution in [3.63, 3.8) is 0 Å². The molecule has 1 aliphatic carbocycles. The highest BCUT2D eigenvalue weighted by Crippen LogP contribution is 2.47. The third-order valence-electron chi connectivity index (χ3n) is 5.23. The standard InChI is InChI=1S/C21H25NO4/c1-12-17(20(24)26-5)18(13-6-8-14(25-4)9-7-13)19-15(22-12)10-21(2,3)11-16(19)23/h6-9,17-18H,10-11H2,1-5H3/t17?,18-/m0/s1. The van der Waals surface area contributed by atoms with Gasteiger partial charge >= 0.3 is 5.97 Å². The van der Waals surface area contributed by atoms with Gasteiger partial charge in [0.1, 0.15) is 11.7 Å². The lowest BCUT2D eigenvalue weighted by molar-refractivity contribution is -0.143. The number of carbonyl (C=O) groups is 2. The fourth-order valence-corrected chi connectivity index (χ4v) is 4.05. The smallest absolute Gasteiger partial charge is 0.315 e. The molecule has 0 radical (unpaired) electrons. The highest BCUT2D eigenvalue weighted by atomic mass is 16.5. The summed E-state index contributed by atoms with van der Waals surface area (Å²) in [6, 6.07) is 7.52. The summed E-state index contributed by atoms with van der Waals surface area (Å²) in [7, 11) is 2.98. The molecule has 0 spiro atoms. The number of aliphatic imine (C=N–C) groups is 1. The zero-order valence-electron chi connectivity index (χ0n) is 16.0. The predicted octanol–water partition coefficient (Wildman–Crippen LogP) is 3.69. The number of hydrogen-bond acceptors (Lipinski definition) is 5. The summed E-state index contributed by atoms with van der Waals surface area (Å²) in [5.41, 5.74) is 2.94. The first-order valence-electron chi connectivity index (χ1n) is 8.80. The maximum absolute atomic E-state index is 13.0. The minimum atomic E-state index is -0.586. The van der Waals surface area contributed by atoms with E-state index in [0.717, 1.165) is 23.4 Å². The Morgan fingerprint density at radius 1 is 1.15 bits per heavy atom. The lowest BCUT2D eigenvalue weighted by Gasteiger charge is -2.38. The second-order valence-corrected chi connectivity index (χ2v) is 7.81. The molecule has 0 bridgehead atoms. The monoisotopic (exact) mass is 355 g/mol. The summed E-state index contributed by atoms with van der Waals surface area (Å²) in [5.74, 6) is -0.518. The van der Waals surface area contributed by atoms with Crippen molar-refractivity contribution in [2.75, 3.05) is 14.2 Å². The first kappa shape index (κ1) is 18.4. The van der Waals surface area contributed by atoms with Gasteiger partial charge in [0.25, 0.3) is 0 Å². The molecule has 1 heterocycles. The van der Waals surface area contributed by atoms with Gasteiger partial charge in [0, 0.05) is 29.3 Å². The lowest BCUT2D eigenvalue weighted by atomic mass is 9.67. The summed E-state index contributed by atoms with van der Waals surface area (Å²) >= 11 is 0. The minimum Gasteiger partial charge on any atom is -0.497 e. The highest BCUT2D eigenvalue weighted by Gasteiger charge is 2.45. The molecular formula is C21H25NO4. The quantitative estimate of drug-likeness (QED) is 0.776. The Kier molecular flexibility index (Phi) is 4.74. The van der Waals surface area contributed by atoms with Crippen LogP contribution in [0.15, 0.2) is 40.5 Å². The number of Topliss-reactive ketones (excluding diaryl/α,β-unsaturated/α-hetero) is 1. The van der Waals surface area contributed by atoms with Crippen molar-refractivity contribution in [1.29, 1.82) is 0 Å². The van der Waals surface area contributed by atoms with Crippen molar-refractivity contribution in [1.82, 2.24) is 0 Å². The van der Waals surface area contributed by atoms with Gasteiger partial charge in [-0.25, -0.2) is 0 Å². The van der Waals surface area contributed by atoms with Crippen molar-refractivity contribution in [3.05, 3.63) is 41.1 Å². The molecule has 5 heteroatoms. The summed E-state index contributed by atoms with van der Waals surface area (Å²) < 4.78 is 10.3. The van der Waals surface area contributed by atoms with E-state index in [9.17, 15) is 9.59 Å². The molecule has 0 saturated heterocycles. The number of hydrogen-bond donors (Lipinski definition) is 0. The number of methoxy groups -OCH3 is 2. The lowest BCUT2D eigenvalue weighted by Crippen LogP contribution is -2.39. The fourth-order valence-electron chi connectivity index (χ4n) is 4.05. The first-order valence-corrected chi connectivity index (χ1v) is 8.80. The molecule has 5 nitrogen and oxygen atoms in total. The van der Waals surface area contributed by atoms with Gasteiger partial charge < -0.3 is 9.47 Å². The van der Waals surface area contributed by atoms with E-state index in [-0.39, 0.29) is 23.1 Å². The zero-order valence-corrected chi connectivity index (χ0v) is 16.0. The third-order valence-corrected chi connectivity index (χ3v) is 5.23. The predicted molar refractivity (Wildman–Crippen MR) is 99.4 cm³/mol. The topological polar surface area (TPSA) is 65.0 Å². The molecule has 0 fully saturated rings. The van der Waals surface area contributed by atoms with Crippen molar-refractivity contribution in [2.24, 2.45) is 16.3 Å². The molecule has 138 valence electrons. The van der Waals surface area contributed by atoms with Crippen LogP contribution in [0.5, 0.6) is 5.75 Å². The van der Waals surface area contributed by atoms with E-state index in [1.165, 1.54) is 7.11 Å².